The highest BCUT2D eigenvalue weighted by Gasteiger charge is 2.21. The smallest absolute Gasteiger partial charge is 0.159 e. The fourth-order valence-electron chi connectivity index (χ4n) is 2.64. The Hall–Kier alpha value is -0.870. The zero-order chi connectivity index (χ0) is 13.8. The average Bonchev–Trinajstić information content (AvgIpc) is 2.39. The summed E-state index contributed by atoms with van der Waals surface area (Å²) in [5.74, 6) is 0.696. The van der Waals surface area contributed by atoms with Crippen molar-refractivity contribution in [3.05, 3.63) is 28.2 Å². The van der Waals surface area contributed by atoms with E-state index in [4.69, 9.17) is 4.74 Å². The number of Topliss-reactive ketones (excluding diaryl/α,β-unsaturated/α-hetero) is 1. The predicted octanol–water partition coefficient (Wildman–Crippen LogP) is 3.51. The Labute approximate surface area is 123 Å². The molecule has 0 amide bonds. The summed E-state index contributed by atoms with van der Waals surface area (Å²) in [6.07, 6.45) is 2.42. The Morgan fingerprint density at radius 2 is 2.32 bits per heavy atom. The zero-order valence-corrected chi connectivity index (χ0v) is 13.1. The Bertz CT molecular complexity index is 459. The lowest BCUT2D eigenvalue weighted by atomic mass is 9.98. The summed E-state index contributed by atoms with van der Waals surface area (Å²) in [4.78, 5) is 13.7. The van der Waals surface area contributed by atoms with Gasteiger partial charge in [0.15, 0.2) is 5.78 Å². The minimum Gasteiger partial charge on any atom is -0.384 e. The molecule has 1 aliphatic rings. The van der Waals surface area contributed by atoms with E-state index in [1.807, 2.05) is 18.2 Å². The van der Waals surface area contributed by atoms with Crippen LogP contribution in [-0.4, -0.2) is 32.6 Å². The molecule has 1 saturated heterocycles. The SMILES string of the molecule is COCC1CCCN(c2ccc(C(C)=O)cc2Br)C1. The van der Waals surface area contributed by atoms with Crippen LogP contribution < -0.4 is 4.90 Å². The lowest BCUT2D eigenvalue weighted by Crippen LogP contribution is -2.37. The third-order valence-electron chi connectivity index (χ3n) is 3.62. The summed E-state index contributed by atoms with van der Waals surface area (Å²) in [6, 6.07) is 5.86. The zero-order valence-electron chi connectivity index (χ0n) is 11.5. The number of carbonyl (C=O) groups is 1. The minimum atomic E-state index is 0.100. The molecule has 1 unspecified atom stereocenters. The van der Waals surface area contributed by atoms with Crippen molar-refractivity contribution in [2.45, 2.75) is 19.8 Å². The van der Waals surface area contributed by atoms with Gasteiger partial charge in [0.25, 0.3) is 0 Å². The van der Waals surface area contributed by atoms with Gasteiger partial charge in [0.2, 0.25) is 0 Å². The number of carbonyl (C=O) groups excluding carboxylic acids is 1. The molecule has 0 aliphatic carbocycles. The number of ether oxygens (including phenoxy) is 1. The summed E-state index contributed by atoms with van der Waals surface area (Å²) in [6.45, 7) is 4.50. The maximum Gasteiger partial charge on any atom is 0.159 e. The van der Waals surface area contributed by atoms with Crippen LogP contribution in [0.3, 0.4) is 0 Å². The van der Waals surface area contributed by atoms with Gasteiger partial charge in [0, 0.05) is 30.2 Å². The number of anilines is 1. The van der Waals surface area contributed by atoms with Crippen LogP contribution >= 0.6 is 15.9 Å². The van der Waals surface area contributed by atoms with Crippen LogP contribution in [0.4, 0.5) is 5.69 Å². The first-order valence-electron chi connectivity index (χ1n) is 6.66. The first kappa shape index (κ1) is 14.5. The number of methoxy groups -OCH3 is 1. The van der Waals surface area contributed by atoms with Crippen molar-refractivity contribution in [2.24, 2.45) is 5.92 Å². The second-order valence-corrected chi connectivity index (χ2v) is 5.99. The second kappa shape index (κ2) is 6.53. The van der Waals surface area contributed by atoms with Gasteiger partial charge in [-0.25, -0.2) is 0 Å². The van der Waals surface area contributed by atoms with Crippen molar-refractivity contribution >= 4 is 27.4 Å². The van der Waals surface area contributed by atoms with E-state index >= 15 is 0 Å². The van der Waals surface area contributed by atoms with Crippen molar-refractivity contribution in [1.29, 1.82) is 0 Å². The number of hydrogen-bond donors (Lipinski definition) is 0. The molecule has 104 valence electrons. The van der Waals surface area contributed by atoms with Gasteiger partial charge in [-0.3, -0.25) is 4.79 Å². The molecular weight excluding hydrogens is 306 g/mol. The number of piperidine rings is 1. The molecule has 0 bridgehead atoms. The Kier molecular flexibility index (Phi) is 4.99. The lowest BCUT2D eigenvalue weighted by molar-refractivity contribution is 0.101. The summed E-state index contributed by atoms with van der Waals surface area (Å²) >= 11 is 3.58. The summed E-state index contributed by atoms with van der Waals surface area (Å²) in [7, 11) is 1.76. The van der Waals surface area contributed by atoms with Crippen LogP contribution in [0, 0.1) is 5.92 Å². The molecule has 1 atom stereocenters. The molecule has 0 spiro atoms. The minimum absolute atomic E-state index is 0.100. The van der Waals surface area contributed by atoms with E-state index in [1.165, 1.54) is 18.5 Å². The highest BCUT2D eigenvalue weighted by atomic mass is 79.9. The molecule has 3 nitrogen and oxygen atoms in total. The van der Waals surface area contributed by atoms with Crippen LogP contribution in [0.5, 0.6) is 0 Å². The molecule has 2 rings (SSSR count). The van der Waals surface area contributed by atoms with E-state index in [0.29, 0.717) is 5.92 Å². The lowest BCUT2D eigenvalue weighted by Gasteiger charge is -2.34. The van der Waals surface area contributed by atoms with Gasteiger partial charge in [0.1, 0.15) is 0 Å². The third kappa shape index (κ3) is 3.57. The van der Waals surface area contributed by atoms with Gasteiger partial charge in [-0.2, -0.15) is 0 Å². The van der Waals surface area contributed by atoms with Gasteiger partial charge in [-0.05, 0) is 59.8 Å². The fourth-order valence-corrected chi connectivity index (χ4v) is 3.27. The quantitative estimate of drug-likeness (QED) is 0.793. The van der Waals surface area contributed by atoms with E-state index in [2.05, 4.69) is 20.8 Å². The monoisotopic (exact) mass is 325 g/mol. The van der Waals surface area contributed by atoms with Crippen LogP contribution in [0.2, 0.25) is 0 Å². The van der Waals surface area contributed by atoms with Gasteiger partial charge >= 0.3 is 0 Å². The molecule has 0 radical (unpaired) electrons. The molecule has 1 aromatic carbocycles. The van der Waals surface area contributed by atoms with E-state index in [-0.39, 0.29) is 5.78 Å². The average molecular weight is 326 g/mol. The third-order valence-corrected chi connectivity index (χ3v) is 4.25. The van der Waals surface area contributed by atoms with Crippen LogP contribution in [0.1, 0.15) is 30.1 Å². The number of hydrogen-bond acceptors (Lipinski definition) is 3. The number of benzene rings is 1. The van der Waals surface area contributed by atoms with E-state index in [0.717, 1.165) is 29.7 Å². The molecule has 1 aromatic rings. The fraction of sp³-hybridized carbons (Fsp3) is 0.533. The molecule has 19 heavy (non-hydrogen) atoms. The summed E-state index contributed by atoms with van der Waals surface area (Å²) in [5, 5.41) is 0. The largest absolute Gasteiger partial charge is 0.384 e. The van der Waals surface area contributed by atoms with E-state index in [9.17, 15) is 4.79 Å². The molecular formula is C15H20BrNO2. The maximum absolute atomic E-state index is 11.4. The molecule has 0 N–H and O–H groups in total. The van der Waals surface area contributed by atoms with Gasteiger partial charge < -0.3 is 9.64 Å². The standard InChI is InChI=1S/C15H20BrNO2/c1-11(18)13-5-6-15(14(16)8-13)17-7-3-4-12(9-17)10-19-2/h5-6,8,12H,3-4,7,9-10H2,1-2H3. The van der Waals surface area contributed by atoms with Crippen molar-refractivity contribution in [3.63, 3.8) is 0 Å². The Morgan fingerprint density at radius 3 is 2.95 bits per heavy atom. The first-order chi connectivity index (χ1) is 9.11. The molecule has 1 heterocycles. The topological polar surface area (TPSA) is 29.5 Å². The summed E-state index contributed by atoms with van der Waals surface area (Å²) < 4.78 is 6.26. The molecule has 1 aliphatic heterocycles. The van der Waals surface area contributed by atoms with Crippen molar-refractivity contribution < 1.29 is 9.53 Å². The maximum atomic E-state index is 11.4. The van der Waals surface area contributed by atoms with E-state index in [1.54, 1.807) is 14.0 Å². The molecule has 1 fully saturated rings. The predicted molar refractivity (Wildman–Crippen MR) is 81.0 cm³/mol. The molecule has 0 saturated carbocycles. The Balaban J connectivity index is 2.15. The number of rotatable bonds is 4. The summed E-state index contributed by atoms with van der Waals surface area (Å²) in [5.41, 5.74) is 1.92. The molecule has 4 heteroatoms. The highest BCUT2D eigenvalue weighted by molar-refractivity contribution is 9.10. The van der Waals surface area contributed by atoms with Gasteiger partial charge in [0.05, 0.1) is 12.3 Å². The number of halogens is 1. The highest BCUT2D eigenvalue weighted by Crippen LogP contribution is 2.31. The normalized spacial score (nSPS) is 19.5. The second-order valence-electron chi connectivity index (χ2n) is 5.13. The number of ketones is 1. The van der Waals surface area contributed by atoms with Crippen molar-refractivity contribution in [3.8, 4) is 0 Å². The molecule has 0 aromatic heterocycles. The van der Waals surface area contributed by atoms with Gasteiger partial charge in [-0.1, -0.05) is 0 Å². The van der Waals surface area contributed by atoms with Crippen molar-refractivity contribution in [1.82, 2.24) is 0 Å². The first-order valence-corrected chi connectivity index (χ1v) is 7.45. The van der Waals surface area contributed by atoms with E-state index < -0.39 is 0 Å². The van der Waals surface area contributed by atoms with Crippen LogP contribution in [-0.2, 0) is 4.74 Å². The Morgan fingerprint density at radius 1 is 1.53 bits per heavy atom. The van der Waals surface area contributed by atoms with Crippen LogP contribution in [0.15, 0.2) is 22.7 Å². The van der Waals surface area contributed by atoms with Crippen LogP contribution in [0.25, 0.3) is 0 Å². The number of nitrogens with zero attached hydrogens (tertiary/aromatic N) is 1. The van der Waals surface area contributed by atoms with Gasteiger partial charge in [-0.15, -0.1) is 0 Å². The van der Waals surface area contributed by atoms with Crippen molar-refractivity contribution in [2.75, 3.05) is 31.7 Å².